The van der Waals surface area contributed by atoms with Crippen LogP contribution in [-0.4, -0.2) is 21.8 Å². The first-order valence-electron chi connectivity index (χ1n) is 9.96. The van der Waals surface area contributed by atoms with Crippen molar-refractivity contribution in [1.82, 2.24) is 14.7 Å². The van der Waals surface area contributed by atoms with E-state index in [0.29, 0.717) is 29.0 Å². The van der Waals surface area contributed by atoms with Crippen LogP contribution in [0.25, 0.3) is 16.7 Å². The number of furan rings is 1. The van der Waals surface area contributed by atoms with E-state index in [1.807, 2.05) is 26.0 Å². The number of hydrogen-bond acceptors (Lipinski definition) is 5. The average molecular weight is 406 g/mol. The fraction of sp³-hybridized carbons (Fsp3) is 0.273. The van der Waals surface area contributed by atoms with Gasteiger partial charge in [0.15, 0.2) is 0 Å². The lowest BCUT2D eigenvalue weighted by Gasteiger charge is -2.12. The molecule has 0 bridgehead atoms. The molecule has 4 heterocycles. The number of amides is 1. The Labute approximate surface area is 173 Å². The first-order valence-corrected chi connectivity index (χ1v) is 9.96. The number of nitrogens with one attached hydrogen (secondary N) is 1. The molecule has 8 nitrogen and oxygen atoms in total. The number of aryl methyl sites for hydroxylation is 1. The number of nitrogens with two attached hydrogens (primary N) is 1. The molecule has 0 spiro atoms. The standard InChI is InChI=1S/C22H23N5O3/c1-3-4-9-24-21(28)16-12-17-20(27(18(16)23)13-15-8-6-11-30-15)25-19-14(2)7-5-10-26(19)22(17)29/h5-8,10-12,23H,3-4,9,13H2,1-2H3,(H,24,28)/p+1. The van der Waals surface area contributed by atoms with E-state index in [0.717, 1.165) is 18.4 Å². The molecule has 0 aliphatic heterocycles. The highest BCUT2D eigenvalue weighted by Crippen LogP contribution is 2.17. The smallest absolute Gasteiger partial charge is 0.278 e. The molecule has 0 atom stereocenters. The monoisotopic (exact) mass is 406 g/mol. The number of unbranched alkanes of at least 4 members (excludes halogenated alkanes) is 1. The highest BCUT2D eigenvalue weighted by molar-refractivity contribution is 6.00. The lowest BCUT2D eigenvalue weighted by Crippen LogP contribution is -2.43. The fourth-order valence-corrected chi connectivity index (χ4v) is 3.48. The van der Waals surface area contributed by atoms with Crippen LogP contribution in [0.4, 0.5) is 5.82 Å². The molecule has 0 radical (unpaired) electrons. The summed E-state index contributed by atoms with van der Waals surface area (Å²) in [5.74, 6) is 0.561. The number of anilines is 1. The van der Waals surface area contributed by atoms with Crippen LogP contribution in [0.2, 0.25) is 0 Å². The fourth-order valence-electron chi connectivity index (χ4n) is 3.48. The summed E-state index contributed by atoms with van der Waals surface area (Å²) in [6.45, 7) is 4.73. The molecule has 0 fully saturated rings. The second-order valence-electron chi connectivity index (χ2n) is 7.26. The summed E-state index contributed by atoms with van der Waals surface area (Å²) in [5, 5.41) is 3.19. The van der Waals surface area contributed by atoms with E-state index in [4.69, 9.17) is 15.1 Å². The van der Waals surface area contributed by atoms with E-state index in [2.05, 4.69) is 5.32 Å². The van der Waals surface area contributed by atoms with Crippen molar-refractivity contribution in [3.8, 4) is 0 Å². The topological polar surface area (TPSA) is 107 Å². The van der Waals surface area contributed by atoms with Crippen molar-refractivity contribution in [2.45, 2.75) is 33.2 Å². The molecule has 0 aliphatic rings. The van der Waals surface area contributed by atoms with Crippen LogP contribution >= 0.6 is 0 Å². The molecule has 4 rings (SSSR count). The minimum Gasteiger partial charge on any atom is -0.466 e. The van der Waals surface area contributed by atoms with E-state index < -0.39 is 0 Å². The van der Waals surface area contributed by atoms with Crippen molar-refractivity contribution in [3.63, 3.8) is 0 Å². The van der Waals surface area contributed by atoms with Crippen LogP contribution in [0, 0.1) is 6.92 Å². The maximum absolute atomic E-state index is 13.3. The van der Waals surface area contributed by atoms with Crippen LogP contribution in [-0.2, 0) is 6.54 Å². The van der Waals surface area contributed by atoms with Crippen LogP contribution in [0.15, 0.2) is 52.0 Å². The minimum absolute atomic E-state index is 0.234. The second-order valence-corrected chi connectivity index (χ2v) is 7.26. The number of nitrogen functional groups attached to an aromatic ring is 1. The summed E-state index contributed by atoms with van der Waals surface area (Å²) in [4.78, 5) is 30.8. The van der Waals surface area contributed by atoms with Gasteiger partial charge in [-0.25, -0.2) is 4.57 Å². The van der Waals surface area contributed by atoms with Gasteiger partial charge in [-0.1, -0.05) is 24.4 Å². The van der Waals surface area contributed by atoms with Crippen LogP contribution < -0.4 is 21.2 Å². The van der Waals surface area contributed by atoms with Gasteiger partial charge in [-0.15, -0.1) is 0 Å². The van der Waals surface area contributed by atoms with Gasteiger partial charge in [0.2, 0.25) is 11.5 Å². The number of nitrogens with zero attached hydrogens (tertiary/aromatic N) is 3. The third-order valence-corrected chi connectivity index (χ3v) is 5.13. The SMILES string of the molecule is CCCCNC(=O)c1cc2c(=O)n3cccc(C)c3nc2[n+](Cc2ccco2)c1N. The molecule has 30 heavy (non-hydrogen) atoms. The predicted octanol–water partition coefficient (Wildman–Crippen LogP) is 2.20. The summed E-state index contributed by atoms with van der Waals surface area (Å²) in [6.07, 6.45) is 5.06. The zero-order valence-electron chi connectivity index (χ0n) is 17.0. The molecule has 0 unspecified atom stereocenters. The van der Waals surface area contributed by atoms with Gasteiger partial charge in [-0.3, -0.25) is 14.0 Å². The summed E-state index contributed by atoms with van der Waals surface area (Å²) in [7, 11) is 0. The largest absolute Gasteiger partial charge is 0.466 e. The Bertz CT molecular complexity index is 1290. The molecule has 0 aromatic carbocycles. The number of fused-ring (bicyclic) bond motifs is 2. The lowest BCUT2D eigenvalue weighted by atomic mass is 10.1. The lowest BCUT2D eigenvalue weighted by molar-refractivity contribution is -0.651. The Balaban J connectivity index is 1.99. The average Bonchev–Trinajstić information content (AvgIpc) is 3.24. The van der Waals surface area contributed by atoms with Gasteiger partial charge in [0, 0.05) is 18.3 Å². The number of pyridine rings is 2. The van der Waals surface area contributed by atoms with Crippen LogP contribution in [0.3, 0.4) is 0 Å². The Morgan fingerprint density at radius 2 is 2.17 bits per heavy atom. The van der Waals surface area contributed by atoms with E-state index in [-0.39, 0.29) is 29.4 Å². The molecule has 154 valence electrons. The summed E-state index contributed by atoms with van der Waals surface area (Å²) in [5.41, 5.74) is 8.22. The summed E-state index contributed by atoms with van der Waals surface area (Å²) in [6, 6.07) is 8.81. The maximum Gasteiger partial charge on any atom is 0.278 e. The second kappa shape index (κ2) is 7.98. The third-order valence-electron chi connectivity index (χ3n) is 5.13. The Morgan fingerprint density at radius 1 is 1.33 bits per heavy atom. The molecule has 0 aliphatic carbocycles. The third kappa shape index (κ3) is 3.41. The number of aromatic nitrogens is 3. The van der Waals surface area contributed by atoms with Gasteiger partial charge >= 0.3 is 0 Å². The number of rotatable bonds is 6. The van der Waals surface area contributed by atoms with Crippen molar-refractivity contribution in [2.24, 2.45) is 0 Å². The maximum atomic E-state index is 13.3. The Kier molecular flexibility index (Phi) is 5.22. The first kappa shape index (κ1) is 19.6. The zero-order chi connectivity index (χ0) is 21.3. The number of hydrogen-bond donors (Lipinski definition) is 2. The zero-order valence-corrected chi connectivity index (χ0v) is 17.0. The van der Waals surface area contributed by atoms with Crippen LogP contribution in [0.5, 0.6) is 0 Å². The van der Waals surface area contributed by atoms with Gasteiger partial charge in [0.1, 0.15) is 23.3 Å². The Morgan fingerprint density at radius 3 is 2.90 bits per heavy atom. The molecular weight excluding hydrogens is 382 g/mol. The number of carbonyl (C=O) groups excluding carboxylic acids is 1. The normalized spacial score (nSPS) is 11.3. The van der Waals surface area contributed by atoms with Gasteiger partial charge < -0.3 is 15.5 Å². The molecule has 1 amide bonds. The summed E-state index contributed by atoms with van der Waals surface area (Å²) < 4.78 is 8.63. The predicted molar refractivity (Wildman–Crippen MR) is 113 cm³/mol. The van der Waals surface area contributed by atoms with Crippen molar-refractivity contribution in [2.75, 3.05) is 12.3 Å². The van der Waals surface area contributed by atoms with E-state index in [1.165, 1.54) is 10.5 Å². The minimum atomic E-state index is -0.315. The van der Waals surface area contributed by atoms with Crippen molar-refractivity contribution < 1.29 is 13.8 Å². The molecular formula is C22H24N5O3+. The molecule has 0 saturated carbocycles. The Hall–Kier alpha value is -3.68. The van der Waals surface area contributed by atoms with Crippen LogP contribution in [0.1, 0.15) is 41.4 Å². The van der Waals surface area contributed by atoms with Crippen molar-refractivity contribution in [3.05, 3.63) is 70.0 Å². The summed E-state index contributed by atoms with van der Waals surface area (Å²) >= 11 is 0. The van der Waals surface area contributed by atoms with E-state index in [1.54, 1.807) is 29.2 Å². The van der Waals surface area contributed by atoms with Crippen molar-refractivity contribution >= 4 is 28.4 Å². The quantitative estimate of drug-likeness (QED) is 0.290. The van der Waals surface area contributed by atoms with Gasteiger partial charge in [0.25, 0.3) is 17.1 Å². The molecule has 0 saturated heterocycles. The van der Waals surface area contributed by atoms with Crippen molar-refractivity contribution in [1.29, 1.82) is 0 Å². The van der Waals surface area contributed by atoms with Gasteiger partial charge in [-0.2, -0.15) is 0 Å². The molecule has 3 N–H and O–H groups in total. The number of carbonyl (C=O) groups is 1. The molecule has 8 heteroatoms. The van der Waals surface area contributed by atoms with Gasteiger partial charge in [-0.05, 0) is 37.6 Å². The van der Waals surface area contributed by atoms with Gasteiger partial charge in [0.05, 0.1) is 6.26 Å². The van der Waals surface area contributed by atoms with E-state index in [9.17, 15) is 9.59 Å². The first-order chi connectivity index (χ1) is 14.5. The highest BCUT2D eigenvalue weighted by atomic mass is 16.3. The molecule has 4 aromatic heterocycles. The molecule has 4 aromatic rings. The highest BCUT2D eigenvalue weighted by Gasteiger charge is 2.25. The van der Waals surface area contributed by atoms with E-state index >= 15 is 0 Å².